The standard InChI is InChI=1S/C5H8N2O/c6-7-3-1-2-4-8-5-7/h1-4H,5-6H2. The molecule has 2 N–H and O–H groups in total. The van der Waals surface area contributed by atoms with Crippen LogP contribution in [0.4, 0.5) is 0 Å². The molecule has 0 atom stereocenters. The molecule has 0 fully saturated rings. The highest BCUT2D eigenvalue weighted by atomic mass is 16.5. The molecule has 0 aromatic carbocycles. The van der Waals surface area contributed by atoms with E-state index in [1.807, 2.05) is 6.08 Å². The normalized spacial score (nSPS) is 17.9. The topological polar surface area (TPSA) is 38.5 Å². The summed E-state index contributed by atoms with van der Waals surface area (Å²) in [5, 5.41) is 1.46. The number of hydrogen-bond donors (Lipinski definition) is 1. The minimum absolute atomic E-state index is 0.424. The zero-order valence-corrected chi connectivity index (χ0v) is 4.45. The number of ether oxygens (including phenoxy) is 1. The molecule has 0 radical (unpaired) electrons. The van der Waals surface area contributed by atoms with Crippen LogP contribution in [0.2, 0.25) is 0 Å². The Morgan fingerprint density at radius 3 is 3.25 bits per heavy atom. The second-order valence-electron chi connectivity index (χ2n) is 1.48. The smallest absolute Gasteiger partial charge is 0.173 e. The van der Waals surface area contributed by atoms with Crippen LogP contribution in [0.3, 0.4) is 0 Å². The van der Waals surface area contributed by atoms with Gasteiger partial charge in [-0.3, -0.25) is 5.01 Å². The summed E-state index contributed by atoms with van der Waals surface area (Å²) in [6, 6.07) is 0. The predicted octanol–water partition coefficient (Wildman–Crippen LogP) is 0.177. The van der Waals surface area contributed by atoms with Gasteiger partial charge in [0.1, 0.15) is 0 Å². The highest BCUT2D eigenvalue weighted by Gasteiger charge is 1.88. The summed E-state index contributed by atoms with van der Waals surface area (Å²) in [7, 11) is 0. The van der Waals surface area contributed by atoms with Crippen LogP contribution in [-0.2, 0) is 4.74 Å². The van der Waals surface area contributed by atoms with Gasteiger partial charge in [-0.25, -0.2) is 5.84 Å². The summed E-state index contributed by atoms with van der Waals surface area (Å²) < 4.78 is 4.86. The molecule has 0 bridgehead atoms. The Kier molecular flexibility index (Phi) is 1.54. The van der Waals surface area contributed by atoms with Crippen molar-refractivity contribution < 1.29 is 4.74 Å². The lowest BCUT2D eigenvalue weighted by atomic mass is 10.6. The van der Waals surface area contributed by atoms with Crippen LogP contribution in [0.25, 0.3) is 0 Å². The van der Waals surface area contributed by atoms with E-state index in [1.54, 1.807) is 18.5 Å². The Hall–Kier alpha value is -0.960. The van der Waals surface area contributed by atoms with Gasteiger partial charge >= 0.3 is 0 Å². The van der Waals surface area contributed by atoms with E-state index in [1.165, 1.54) is 5.01 Å². The highest BCUT2D eigenvalue weighted by molar-refractivity contribution is 4.99. The van der Waals surface area contributed by atoms with Crippen molar-refractivity contribution in [3.63, 3.8) is 0 Å². The fraction of sp³-hybridized carbons (Fsp3) is 0.200. The lowest BCUT2D eigenvalue weighted by Gasteiger charge is -2.08. The summed E-state index contributed by atoms with van der Waals surface area (Å²) in [6.45, 7) is 0.424. The molecule has 3 heteroatoms. The maximum absolute atomic E-state index is 5.32. The third-order valence-electron chi connectivity index (χ3n) is 0.787. The first-order valence-electron chi connectivity index (χ1n) is 2.36. The van der Waals surface area contributed by atoms with Gasteiger partial charge in [-0.1, -0.05) is 0 Å². The van der Waals surface area contributed by atoms with E-state index in [9.17, 15) is 0 Å². The van der Waals surface area contributed by atoms with Gasteiger partial charge in [0.25, 0.3) is 0 Å². The Morgan fingerprint density at radius 1 is 1.50 bits per heavy atom. The molecule has 44 valence electrons. The second kappa shape index (κ2) is 2.37. The van der Waals surface area contributed by atoms with Gasteiger partial charge in [-0.2, -0.15) is 0 Å². The molecule has 8 heavy (non-hydrogen) atoms. The van der Waals surface area contributed by atoms with Crippen LogP contribution >= 0.6 is 0 Å². The average Bonchev–Trinajstić information content (AvgIpc) is 1.94. The monoisotopic (exact) mass is 112 g/mol. The Morgan fingerprint density at radius 2 is 2.38 bits per heavy atom. The number of allylic oxidation sites excluding steroid dienone is 2. The second-order valence-corrected chi connectivity index (χ2v) is 1.48. The van der Waals surface area contributed by atoms with Crippen molar-refractivity contribution in [3.8, 4) is 0 Å². The molecular weight excluding hydrogens is 104 g/mol. The van der Waals surface area contributed by atoms with E-state index >= 15 is 0 Å². The van der Waals surface area contributed by atoms with Crippen LogP contribution in [0, 0.1) is 0 Å². The number of rotatable bonds is 0. The Bertz CT molecular complexity index is 120. The van der Waals surface area contributed by atoms with Crippen molar-refractivity contribution in [1.82, 2.24) is 5.01 Å². The average molecular weight is 112 g/mol. The minimum Gasteiger partial charge on any atom is -0.479 e. The maximum Gasteiger partial charge on any atom is 0.173 e. The van der Waals surface area contributed by atoms with Crippen LogP contribution in [0.5, 0.6) is 0 Å². The van der Waals surface area contributed by atoms with Gasteiger partial charge in [0.05, 0.1) is 6.26 Å². The molecule has 3 nitrogen and oxygen atoms in total. The molecular formula is C5H8N2O. The fourth-order valence-electron chi connectivity index (χ4n) is 0.433. The molecule has 0 spiro atoms. The molecule has 1 aliphatic heterocycles. The first kappa shape index (κ1) is 5.18. The molecule has 0 saturated carbocycles. The first-order chi connectivity index (χ1) is 3.89. The van der Waals surface area contributed by atoms with E-state index in [0.717, 1.165) is 0 Å². The molecule has 0 unspecified atom stereocenters. The third kappa shape index (κ3) is 1.27. The Balaban J connectivity index is 2.46. The maximum atomic E-state index is 5.32. The van der Waals surface area contributed by atoms with E-state index in [-0.39, 0.29) is 0 Å². The summed E-state index contributed by atoms with van der Waals surface area (Å²) >= 11 is 0. The molecule has 0 aromatic heterocycles. The lowest BCUT2D eigenvalue weighted by Crippen LogP contribution is -2.25. The van der Waals surface area contributed by atoms with Gasteiger partial charge in [0.15, 0.2) is 6.73 Å². The predicted molar refractivity (Wildman–Crippen MR) is 30.3 cm³/mol. The van der Waals surface area contributed by atoms with Crippen LogP contribution in [-0.4, -0.2) is 11.7 Å². The summed E-state index contributed by atoms with van der Waals surface area (Å²) in [6.07, 6.45) is 6.94. The van der Waals surface area contributed by atoms with Gasteiger partial charge in [-0.05, 0) is 12.2 Å². The molecule has 0 aliphatic carbocycles. The van der Waals surface area contributed by atoms with Crippen molar-refractivity contribution in [2.75, 3.05) is 6.73 Å². The Labute approximate surface area is 48.0 Å². The number of nitrogens with two attached hydrogens (primary N) is 1. The van der Waals surface area contributed by atoms with E-state index < -0.39 is 0 Å². The summed E-state index contributed by atoms with van der Waals surface area (Å²) in [4.78, 5) is 0. The molecule has 1 heterocycles. The molecule has 1 rings (SSSR count). The van der Waals surface area contributed by atoms with Crippen molar-refractivity contribution in [3.05, 3.63) is 24.6 Å². The van der Waals surface area contributed by atoms with Crippen molar-refractivity contribution in [2.45, 2.75) is 0 Å². The molecule has 1 aliphatic rings. The van der Waals surface area contributed by atoms with E-state index in [0.29, 0.717) is 6.73 Å². The van der Waals surface area contributed by atoms with Crippen LogP contribution in [0.15, 0.2) is 24.6 Å². The zero-order chi connectivity index (χ0) is 5.82. The molecule has 0 saturated heterocycles. The summed E-state index contributed by atoms with van der Waals surface area (Å²) in [5.41, 5.74) is 0. The SMILES string of the molecule is NN1C=CC=COC1. The van der Waals surface area contributed by atoms with Crippen LogP contribution in [0.1, 0.15) is 0 Å². The quantitative estimate of drug-likeness (QED) is 0.454. The zero-order valence-electron chi connectivity index (χ0n) is 4.45. The lowest BCUT2D eigenvalue weighted by molar-refractivity contribution is 0.133. The fourth-order valence-corrected chi connectivity index (χ4v) is 0.433. The largest absolute Gasteiger partial charge is 0.479 e. The molecule has 0 aromatic rings. The van der Waals surface area contributed by atoms with Crippen molar-refractivity contribution >= 4 is 0 Å². The van der Waals surface area contributed by atoms with Crippen LogP contribution < -0.4 is 5.84 Å². The van der Waals surface area contributed by atoms with Gasteiger partial charge < -0.3 is 4.74 Å². The van der Waals surface area contributed by atoms with Gasteiger partial charge in [0.2, 0.25) is 0 Å². The van der Waals surface area contributed by atoms with E-state index in [2.05, 4.69) is 0 Å². The first-order valence-corrected chi connectivity index (χ1v) is 2.36. The minimum atomic E-state index is 0.424. The highest BCUT2D eigenvalue weighted by Crippen LogP contribution is 1.89. The van der Waals surface area contributed by atoms with Crippen molar-refractivity contribution in [2.24, 2.45) is 5.84 Å². The number of nitrogens with zero attached hydrogens (tertiary/aromatic N) is 1. The number of hydrogen-bond acceptors (Lipinski definition) is 3. The number of hydrazine groups is 1. The van der Waals surface area contributed by atoms with Crippen molar-refractivity contribution in [1.29, 1.82) is 0 Å². The van der Waals surface area contributed by atoms with Gasteiger partial charge in [-0.15, -0.1) is 0 Å². The third-order valence-corrected chi connectivity index (χ3v) is 0.787. The van der Waals surface area contributed by atoms with Gasteiger partial charge in [0, 0.05) is 6.20 Å². The molecule has 0 amide bonds. The van der Waals surface area contributed by atoms with E-state index in [4.69, 9.17) is 10.6 Å². The summed E-state index contributed by atoms with van der Waals surface area (Å²) in [5.74, 6) is 5.32.